The SMILES string of the molecule is Nc1cc(F)c(Br)cc1S(=O)(=O)NCC1CC2CCC1C2. The molecular formula is C14H18BrFN2O2S. The Balaban J connectivity index is 1.74. The van der Waals surface area contributed by atoms with E-state index in [1.54, 1.807) is 0 Å². The van der Waals surface area contributed by atoms with E-state index in [0.29, 0.717) is 18.4 Å². The van der Waals surface area contributed by atoms with Gasteiger partial charge in [0.2, 0.25) is 10.0 Å². The number of benzene rings is 1. The number of hydrogen-bond acceptors (Lipinski definition) is 3. The first-order valence-corrected chi connectivity index (χ1v) is 9.38. The van der Waals surface area contributed by atoms with Crippen molar-refractivity contribution in [2.24, 2.45) is 17.8 Å². The molecule has 3 atom stereocenters. The number of halogens is 2. The molecule has 116 valence electrons. The van der Waals surface area contributed by atoms with Gasteiger partial charge in [-0.05, 0) is 65.1 Å². The van der Waals surface area contributed by atoms with Crippen LogP contribution in [0.4, 0.5) is 10.1 Å². The zero-order valence-corrected chi connectivity index (χ0v) is 13.9. The van der Waals surface area contributed by atoms with Crippen molar-refractivity contribution >= 4 is 31.6 Å². The highest BCUT2D eigenvalue weighted by Crippen LogP contribution is 2.48. The summed E-state index contributed by atoms with van der Waals surface area (Å²) in [4.78, 5) is -0.0704. The highest BCUT2D eigenvalue weighted by molar-refractivity contribution is 9.10. The molecule has 2 aliphatic rings. The second-order valence-electron chi connectivity index (χ2n) is 6.09. The summed E-state index contributed by atoms with van der Waals surface area (Å²) in [6, 6.07) is 2.24. The van der Waals surface area contributed by atoms with Crippen LogP contribution in [0.15, 0.2) is 21.5 Å². The van der Waals surface area contributed by atoms with Gasteiger partial charge in [-0.1, -0.05) is 6.42 Å². The van der Waals surface area contributed by atoms with Crippen molar-refractivity contribution in [2.75, 3.05) is 12.3 Å². The predicted octanol–water partition coefficient (Wildman–Crippen LogP) is 2.88. The maximum atomic E-state index is 13.3. The number of hydrogen-bond donors (Lipinski definition) is 2. The Morgan fingerprint density at radius 3 is 2.71 bits per heavy atom. The summed E-state index contributed by atoms with van der Waals surface area (Å²) in [6.07, 6.45) is 4.83. The average molecular weight is 377 g/mol. The molecule has 4 nitrogen and oxygen atoms in total. The van der Waals surface area contributed by atoms with Gasteiger partial charge in [-0.15, -0.1) is 0 Å². The molecule has 3 rings (SSSR count). The minimum atomic E-state index is -3.71. The van der Waals surface area contributed by atoms with Crippen molar-refractivity contribution in [2.45, 2.75) is 30.6 Å². The van der Waals surface area contributed by atoms with Crippen LogP contribution in [-0.4, -0.2) is 15.0 Å². The molecule has 1 aromatic carbocycles. The first-order valence-electron chi connectivity index (χ1n) is 7.11. The van der Waals surface area contributed by atoms with E-state index in [1.165, 1.54) is 25.3 Å². The minimum Gasteiger partial charge on any atom is -0.398 e. The molecule has 0 heterocycles. The Kier molecular flexibility index (Phi) is 4.00. The van der Waals surface area contributed by atoms with Crippen molar-refractivity contribution in [3.63, 3.8) is 0 Å². The average Bonchev–Trinajstić information content (AvgIpc) is 3.03. The molecule has 0 amide bonds. The van der Waals surface area contributed by atoms with Crippen molar-refractivity contribution in [1.29, 1.82) is 0 Å². The number of nitrogen functional groups attached to an aromatic ring is 1. The Morgan fingerprint density at radius 1 is 1.33 bits per heavy atom. The summed E-state index contributed by atoms with van der Waals surface area (Å²) in [7, 11) is -3.71. The monoisotopic (exact) mass is 376 g/mol. The molecule has 2 fully saturated rings. The van der Waals surface area contributed by atoms with Crippen LogP contribution in [0.25, 0.3) is 0 Å². The molecule has 0 aromatic heterocycles. The van der Waals surface area contributed by atoms with Crippen LogP contribution in [0.2, 0.25) is 0 Å². The fourth-order valence-corrected chi connectivity index (χ4v) is 5.42. The lowest BCUT2D eigenvalue weighted by atomic mass is 9.89. The van der Waals surface area contributed by atoms with Gasteiger partial charge in [0.05, 0.1) is 10.2 Å². The van der Waals surface area contributed by atoms with Gasteiger partial charge in [-0.3, -0.25) is 0 Å². The van der Waals surface area contributed by atoms with E-state index < -0.39 is 15.8 Å². The van der Waals surface area contributed by atoms with E-state index >= 15 is 0 Å². The highest BCUT2D eigenvalue weighted by Gasteiger charge is 2.39. The van der Waals surface area contributed by atoms with Crippen LogP contribution < -0.4 is 10.5 Å². The van der Waals surface area contributed by atoms with E-state index in [1.807, 2.05) is 0 Å². The number of nitrogens with two attached hydrogens (primary N) is 1. The minimum absolute atomic E-state index is 0.0704. The second kappa shape index (κ2) is 5.52. The second-order valence-corrected chi connectivity index (χ2v) is 8.68. The van der Waals surface area contributed by atoms with Gasteiger partial charge in [0, 0.05) is 6.54 Å². The molecule has 2 saturated carbocycles. The van der Waals surface area contributed by atoms with E-state index in [4.69, 9.17) is 5.73 Å². The molecule has 2 bridgehead atoms. The van der Waals surface area contributed by atoms with E-state index in [2.05, 4.69) is 20.7 Å². The summed E-state index contributed by atoms with van der Waals surface area (Å²) in [5.74, 6) is 1.27. The molecule has 1 aromatic rings. The lowest BCUT2D eigenvalue weighted by molar-refractivity contribution is 0.333. The van der Waals surface area contributed by atoms with Crippen molar-refractivity contribution < 1.29 is 12.8 Å². The predicted molar refractivity (Wildman–Crippen MR) is 82.6 cm³/mol. The molecule has 0 aliphatic heterocycles. The number of rotatable bonds is 4. The topological polar surface area (TPSA) is 72.2 Å². The van der Waals surface area contributed by atoms with Gasteiger partial charge < -0.3 is 5.73 Å². The van der Waals surface area contributed by atoms with Gasteiger partial charge in [-0.2, -0.15) is 0 Å². The molecule has 3 unspecified atom stereocenters. The summed E-state index contributed by atoms with van der Waals surface area (Å²) in [5, 5.41) is 0. The summed E-state index contributed by atoms with van der Waals surface area (Å²) in [6.45, 7) is 0.442. The van der Waals surface area contributed by atoms with Gasteiger partial charge in [0.25, 0.3) is 0 Å². The van der Waals surface area contributed by atoms with Gasteiger partial charge in [0.1, 0.15) is 10.7 Å². The largest absolute Gasteiger partial charge is 0.398 e. The smallest absolute Gasteiger partial charge is 0.242 e. The molecule has 21 heavy (non-hydrogen) atoms. The number of fused-ring (bicyclic) bond motifs is 2. The summed E-state index contributed by atoms with van der Waals surface area (Å²) < 4.78 is 40.8. The van der Waals surface area contributed by atoms with Crippen LogP contribution in [0.3, 0.4) is 0 Å². The van der Waals surface area contributed by atoms with Gasteiger partial charge in [-0.25, -0.2) is 17.5 Å². The van der Waals surface area contributed by atoms with Crippen LogP contribution in [0.5, 0.6) is 0 Å². The first-order chi connectivity index (χ1) is 9.87. The maximum absolute atomic E-state index is 13.3. The maximum Gasteiger partial charge on any atom is 0.242 e. The third-order valence-electron chi connectivity index (χ3n) is 4.76. The van der Waals surface area contributed by atoms with Crippen molar-refractivity contribution in [3.8, 4) is 0 Å². The lowest BCUT2D eigenvalue weighted by Gasteiger charge is -2.22. The van der Waals surface area contributed by atoms with Crippen molar-refractivity contribution in [1.82, 2.24) is 4.72 Å². The molecule has 3 N–H and O–H groups in total. The zero-order valence-electron chi connectivity index (χ0n) is 11.5. The fourth-order valence-electron chi connectivity index (χ4n) is 3.70. The molecular weight excluding hydrogens is 359 g/mol. The van der Waals surface area contributed by atoms with Crippen molar-refractivity contribution in [3.05, 3.63) is 22.4 Å². The van der Waals surface area contributed by atoms with Crippen LogP contribution in [-0.2, 0) is 10.0 Å². The third kappa shape index (κ3) is 2.96. The molecule has 0 saturated heterocycles. The Bertz CT molecular complexity index is 665. The molecule has 0 radical (unpaired) electrons. The summed E-state index contributed by atoms with van der Waals surface area (Å²) >= 11 is 2.99. The van der Waals surface area contributed by atoms with Crippen LogP contribution in [0.1, 0.15) is 25.7 Å². The quantitative estimate of drug-likeness (QED) is 0.793. The zero-order chi connectivity index (χ0) is 15.2. The normalized spacial score (nSPS) is 28.2. The highest BCUT2D eigenvalue weighted by atomic mass is 79.9. The Labute approximate surface area is 132 Å². The molecule has 0 spiro atoms. The van der Waals surface area contributed by atoms with E-state index in [0.717, 1.165) is 18.4 Å². The summed E-state index contributed by atoms with van der Waals surface area (Å²) in [5.41, 5.74) is 5.57. The van der Waals surface area contributed by atoms with Crippen LogP contribution in [0, 0.1) is 23.6 Å². The van der Waals surface area contributed by atoms with Crippen LogP contribution >= 0.6 is 15.9 Å². The lowest BCUT2D eigenvalue weighted by Crippen LogP contribution is -2.32. The number of anilines is 1. The third-order valence-corrected chi connectivity index (χ3v) is 6.85. The number of nitrogens with one attached hydrogen (secondary N) is 1. The molecule has 7 heteroatoms. The van der Waals surface area contributed by atoms with Gasteiger partial charge in [0.15, 0.2) is 0 Å². The molecule has 2 aliphatic carbocycles. The van der Waals surface area contributed by atoms with E-state index in [9.17, 15) is 12.8 Å². The fraction of sp³-hybridized carbons (Fsp3) is 0.571. The van der Waals surface area contributed by atoms with E-state index in [-0.39, 0.29) is 15.1 Å². The standard InChI is InChI=1S/C14H18BrFN2O2S/c15-11-5-14(13(17)6-12(11)16)21(19,20)18-7-10-4-8-1-2-9(10)3-8/h5-6,8-10,18H,1-4,7,17H2. The Hall–Kier alpha value is -0.660. The Morgan fingerprint density at radius 2 is 2.10 bits per heavy atom. The first kappa shape index (κ1) is 15.2. The van der Waals surface area contributed by atoms with Gasteiger partial charge >= 0.3 is 0 Å². The number of sulfonamides is 1.